The van der Waals surface area contributed by atoms with Crippen molar-refractivity contribution in [3.8, 4) is 5.75 Å². The van der Waals surface area contributed by atoms with Crippen LogP contribution in [0.5, 0.6) is 5.75 Å². The van der Waals surface area contributed by atoms with Crippen molar-refractivity contribution in [3.05, 3.63) is 23.8 Å². The molecule has 3 heteroatoms. The van der Waals surface area contributed by atoms with E-state index < -0.39 is 0 Å². The molecule has 1 heterocycles. The summed E-state index contributed by atoms with van der Waals surface area (Å²) in [6.07, 6.45) is 0.511. The van der Waals surface area contributed by atoms with Crippen LogP contribution in [0.2, 0.25) is 0 Å². The van der Waals surface area contributed by atoms with Crippen LogP contribution in [0.15, 0.2) is 18.2 Å². The Kier molecular flexibility index (Phi) is 2.39. The summed E-state index contributed by atoms with van der Waals surface area (Å²) in [5.41, 5.74) is 2.09. The van der Waals surface area contributed by atoms with E-state index in [1.165, 1.54) is 0 Å². The topological polar surface area (TPSA) is 29.5 Å². The van der Waals surface area contributed by atoms with Crippen molar-refractivity contribution in [3.63, 3.8) is 0 Å². The molecule has 0 unspecified atom stereocenters. The van der Waals surface area contributed by atoms with Crippen molar-refractivity contribution in [2.45, 2.75) is 26.3 Å². The molecule has 1 amide bonds. The molecular weight excluding hydrogens is 190 g/mol. The van der Waals surface area contributed by atoms with Crippen molar-refractivity contribution in [1.29, 1.82) is 0 Å². The Hall–Kier alpha value is -1.51. The third-order valence-electron chi connectivity index (χ3n) is 2.68. The van der Waals surface area contributed by atoms with Crippen molar-refractivity contribution in [1.82, 2.24) is 0 Å². The first-order valence-corrected chi connectivity index (χ1v) is 5.12. The molecule has 0 spiro atoms. The minimum atomic E-state index is 0.174. The molecule has 0 saturated carbocycles. The number of fused-ring (bicyclic) bond motifs is 1. The van der Waals surface area contributed by atoms with Gasteiger partial charge in [-0.05, 0) is 25.5 Å². The third kappa shape index (κ3) is 1.58. The third-order valence-corrected chi connectivity index (χ3v) is 2.68. The van der Waals surface area contributed by atoms with Crippen LogP contribution in [-0.4, -0.2) is 19.1 Å². The highest BCUT2D eigenvalue weighted by Gasteiger charge is 2.29. The van der Waals surface area contributed by atoms with E-state index in [4.69, 9.17) is 4.74 Å². The monoisotopic (exact) mass is 205 g/mol. The van der Waals surface area contributed by atoms with Gasteiger partial charge in [-0.3, -0.25) is 4.79 Å². The summed E-state index contributed by atoms with van der Waals surface area (Å²) < 4.78 is 5.16. The minimum Gasteiger partial charge on any atom is -0.497 e. The van der Waals surface area contributed by atoms with Crippen LogP contribution >= 0.6 is 0 Å². The van der Waals surface area contributed by atoms with Gasteiger partial charge in [0.2, 0.25) is 5.91 Å². The number of carbonyl (C=O) groups is 1. The van der Waals surface area contributed by atoms with Gasteiger partial charge in [0.1, 0.15) is 5.75 Å². The number of ether oxygens (including phenoxy) is 1. The standard InChI is InChI=1S/C12H15NO2/c1-8(2)13-11-7-10(15-3)5-4-9(11)6-12(13)14/h4-5,7-8H,6H2,1-3H3. The van der Waals surface area contributed by atoms with Gasteiger partial charge in [-0.15, -0.1) is 0 Å². The van der Waals surface area contributed by atoms with E-state index in [1.54, 1.807) is 7.11 Å². The van der Waals surface area contributed by atoms with Gasteiger partial charge in [0.15, 0.2) is 0 Å². The van der Waals surface area contributed by atoms with E-state index in [9.17, 15) is 4.79 Å². The Labute approximate surface area is 89.7 Å². The SMILES string of the molecule is COc1ccc2c(c1)N(C(C)C)C(=O)C2. The predicted molar refractivity (Wildman–Crippen MR) is 59.3 cm³/mol. The second kappa shape index (κ2) is 3.57. The second-order valence-electron chi connectivity index (χ2n) is 4.03. The Bertz CT molecular complexity index is 399. The van der Waals surface area contributed by atoms with Crippen LogP contribution in [0, 0.1) is 0 Å². The average Bonchev–Trinajstić information content (AvgIpc) is 2.52. The van der Waals surface area contributed by atoms with Gasteiger partial charge in [-0.1, -0.05) is 6.07 Å². The molecule has 0 atom stereocenters. The molecule has 0 radical (unpaired) electrons. The zero-order chi connectivity index (χ0) is 11.0. The van der Waals surface area contributed by atoms with Gasteiger partial charge in [0.25, 0.3) is 0 Å². The number of benzene rings is 1. The van der Waals surface area contributed by atoms with Crippen LogP contribution in [0.4, 0.5) is 5.69 Å². The Morgan fingerprint density at radius 3 is 2.73 bits per heavy atom. The van der Waals surface area contributed by atoms with Crippen molar-refractivity contribution in [2.24, 2.45) is 0 Å². The lowest BCUT2D eigenvalue weighted by atomic mass is 10.1. The molecule has 2 rings (SSSR count). The van der Waals surface area contributed by atoms with Gasteiger partial charge in [0, 0.05) is 12.1 Å². The average molecular weight is 205 g/mol. The highest BCUT2D eigenvalue weighted by molar-refractivity contribution is 6.02. The molecule has 1 aromatic carbocycles. The van der Waals surface area contributed by atoms with Crippen LogP contribution in [0.3, 0.4) is 0 Å². The normalized spacial score (nSPS) is 14.7. The smallest absolute Gasteiger partial charge is 0.231 e. The number of nitrogens with zero attached hydrogens (tertiary/aromatic N) is 1. The van der Waals surface area contributed by atoms with Crippen LogP contribution in [-0.2, 0) is 11.2 Å². The van der Waals surface area contributed by atoms with Crippen LogP contribution in [0.1, 0.15) is 19.4 Å². The molecule has 0 N–H and O–H groups in total. The highest BCUT2D eigenvalue weighted by atomic mass is 16.5. The summed E-state index contributed by atoms with van der Waals surface area (Å²) in [7, 11) is 1.64. The minimum absolute atomic E-state index is 0.174. The molecule has 0 fully saturated rings. The first kappa shape index (κ1) is 10.0. The molecular formula is C12H15NO2. The number of methoxy groups -OCH3 is 1. The van der Waals surface area contributed by atoms with E-state index in [0.717, 1.165) is 17.0 Å². The summed E-state index contributed by atoms with van der Waals surface area (Å²) >= 11 is 0. The highest BCUT2D eigenvalue weighted by Crippen LogP contribution is 2.33. The quantitative estimate of drug-likeness (QED) is 0.739. The number of hydrogen-bond donors (Lipinski definition) is 0. The largest absolute Gasteiger partial charge is 0.497 e. The van der Waals surface area contributed by atoms with E-state index in [2.05, 4.69) is 0 Å². The predicted octanol–water partition coefficient (Wildman–Crippen LogP) is 1.99. The molecule has 1 aromatic rings. The first-order valence-electron chi connectivity index (χ1n) is 5.12. The van der Waals surface area contributed by atoms with Crippen LogP contribution < -0.4 is 9.64 Å². The number of anilines is 1. The maximum absolute atomic E-state index is 11.8. The Balaban J connectivity index is 2.46. The van der Waals surface area contributed by atoms with Gasteiger partial charge in [0.05, 0.1) is 19.2 Å². The molecule has 0 aromatic heterocycles. The first-order chi connectivity index (χ1) is 7.13. The number of amides is 1. The van der Waals surface area contributed by atoms with E-state index in [-0.39, 0.29) is 11.9 Å². The number of rotatable bonds is 2. The maximum Gasteiger partial charge on any atom is 0.231 e. The molecule has 15 heavy (non-hydrogen) atoms. The van der Waals surface area contributed by atoms with Gasteiger partial charge >= 0.3 is 0 Å². The fourth-order valence-electron chi connectivity index (χ4n) is 1.99. The summed E-state index contributed by atoms with van der Waals surface area (Å²) in [6, 6.07) is 6.00. The molecule has 1 aliphatic heterocycles. The number of hydrogen-bond acceptors (Lipinski definition) is 2. The molecule has 0 saturated heterocycles. The summed E-state index contributed by atoms with van der Waals surface area (Å²) in [4.78, 5) is 13.6. The Morgan fingerprint density at radius 2 is 2.13 bits per heavy atom. The van der Waals surface area contributed by atoms with E-state index in [0.29, 0.717) is 6.42 Å². The molecule has 80 valence electrons. The lowest BCUT2D eigenvalue weighted by molar-refractivity contribution is -0.117. The van der Waals surface area contributed by atoms with Gasteiger partial charge in [-0.2, -0.15) is 0 Å². The molecule has 1 aliphatic rings. The van der Waals surface area contributed by atoms with Crippen molar-refractivity contribution < 1.29 is 9.53 Å². The van der Waals surface area contributed by atoms with Crippen LogP contribution in [0.25, 0.3) is 0 Å². The lowest BCUT2D eigenvalue weighted by Crippen LogP contribution is -2.33. The van der Waals surface area contributed by atoms with Gasteiger partial charge in [-0.25, -0.2) is 0 Å². The van der Waals surface area contributed by atoms with Crippen molar-refractivity contribution in [2.75, 3.05) is 12.0 Å². The summed E-state index contributed by atoms with van der Waals surface area (Å²) in [5.74, 6) is 0.974. The second-order valence-corrected chi connectivity index (χ2v) is 4.03. The molecule has 3 nitrogen and oxygen atoms in total. The fourth-order valence-corrected chi connectivity index (χ4v) is 1.99. The van der Waals surface area contributed by atoms with E-state index in [1.807, 2.05) is 36.9 Å². The zero-order valence-electron chi connectivity index (χ0n) is 9.28. The summed E-state index contributed by atoms with van der Waals surface area (Å²) in [6.45, 7) is 4.04. The molecule has 0 bridgehead atoms. The fraction of sp³-hybridized carbons (Fsp3) is 0.417. The zero-order valence-corrected chi connectivity index (χ0v) is 9.28. The van der Waals surface area contributed by atoms with Gasteiger partial charge < -0.3 is 9.64 Å². The Morgan fingerprint density at radius 1 is 1.40 bits per heavy atom. The maximum atomic E-state index is 11.8. The molecule has 0 aliphatic carbocycles. The lowest BCUT2D eigenvalue weighted by Gasteiger charge is -2.22. The van der Waals surface area contributed by atoms with Crippen molar-refractivity contribution >= 4 is 11.6 Å². The van der Waals surface area contributed by atoms with E-state index >= 15 is 0 Å². The number of carbonyl (C=O) groups excluding carboxylic acids is 1. The summed E-state index contributed by atoms with van der Waals surface area (Å²) in [5, 5.41) is 0.